The minimum absolute atomic E-state index is 0.117. The summed E-state index contributed by atoms with van der Waals surface area (Å²) >= 11 is 0. The molecular weight excluding hydrogens is 152 g/mol. The second-order valence-electron chi connectivity index (χ2n) is 3.30. The Kier molecular flexibility index (Phi) is 2.26. The molecule has 0 fully saturated rings. The van der Waals surface area contributed by atoms with Gasteiger partial charge in [-0.15, -0.1) is 0 Å². The van der Waals surface area contributed by atoms with Crippen LogP contribution in [-0.2, 0) is 4.74 Å². The molecule has 0 saturated heterocycles. The Morgan fingerprint density at radius 1 is 1.58 bits per heavy atom. The maximum atomic E-state index is 5.96. The van der Waals surface area contributed by atoms with Crippen molar-refractivity contribution in [3.05, 3.63) is 23.4 Å². The highest BCUT2D eigenvalue weighted by molar-refractivity contribution is 5.34. The molecule has 0 heterocycles. The Morgan fingerprint density at radius 2 is 2.17 bits per heavy atom. The molecule has 12 heavy (non-hydrogen) atoms. The SMILES string of the molecule is COC1(N)C=C(C)C(N)=CC1C. The number of allylic oxidation sites excluding steroid dienone is 1. The van der Waals surface area contributed by atoms with E-state index in [1.807, 2.05) is 26.0 Å². The third kappa shape index (κ3) is 1.38. The molecule has 68 valence electrons. The molecule has 3 nitrogen and oxygen atoms in total. The van der Waals surface area contributed by atoms with E-state index >= 15 is 0 Å². The van der Waals surface area contributed by atoms with Crippen LogP contribution in [0, 0.1) is 5.92 Å². The summed E-state index contributed by atoms with van der Waals surface area (Å²) in [7, 11) is 1.61. The van der Waals surface area contributed by atoms with Crippen LogP contribution in [0.1, 0.15) is 13.8 Å². The fourth-order valence-electron chi connectivity index (χ4n) is 1.33. The first-order chi connectivity index (χ1) is 5.49. The smallest absolute Gasteiger partial charge is 0.142 e. The molecule has 0 saturated carbocycles. The van der Waals surface area contributed by atoms with Crippen LogP contribution in [0.15, 0.2) is 23.4 Å². The molecule has 0 aliphatic heterocycles. The van der Waals surface area contributed by atoms with E-state index in [0.29, 0.717) is 0 Å². The van der Waals surface area contributed by atoms with Crippen molar-refractivity contribution in [1.82, 2.24) is 0 Å². The van der Waals surface area contributed by atoms with Gasteiger partial charge in [-0.3, -0.25) is 5.73 Å². The van der Waals surface area contributed by atoms with Crippen LogP contribution in [-0.4, -0.2) is 12.8 Å². The van der Waals surface area contributed by atoms with Gasteiger partial charge in [0.05, 0.1) is 0 Å². The fourth-order valence-corrected chi connectivity index (χ4v) is 1.33. The third-order valence-corrected chi connectivity index (χ3v) is 2.39. The summed E-state index contributed by atoms with van der Waals surface area (Å²) in [6.07, 6.45) is 3.80. The van der Waals surface area contributed by atoms with Gasteiger partial charge in [0.1, 0.15) is 5.72 Å². The summed E-state index contributed by atoms with van der Waals surface area (Å²) in [4.78, 5) is 0. The lowest BCUT2D eigenvalue weighted by Gasteiger charge is -2.33. The van der Waals surface area contributed by atoms with Crippen LogP contribution < -0.4 is 11.5 Å². The minimum atomic E-state index is -0.688. The van der Waals surface area contributed by atoms with Crippen molar-refractivity contribution >= 4 is 0 Å². The van der Waals surface area contributed by atoms with E-state index in [1.54, 1.807) is 7.11 Å². The largest absolute Gasteiger partial charge is 0.399 e. The fraction of sp³-hybridized carbons (Fsp3) is 0.556. The second-order valence-corrected chi connectivity index (χ2v) is 3.30. The highest BCUT2D eigenvalue weighted by atomic mass is 16.5. The molecule has 4 N–H and O–H groups in total. The summed E-state index contributed by atoms with van der Waals surface area (Å²) in [5.74, 6) is 0.117. The molecule has 0 radical (unpaired) electrons. The quantitative estimate of drug-likeness (QED) is 0.567. The van der Waals surface area contributed by atoms with Gasteiger partial charge >= 0.3 is 0 Å². The molecule has 3 heteroatoms. The van der Waals surface area contributed by atoms with Crippen LogP contribution >= 0.6 is 0 Å². The third-order valence-electron chi connectivity index (χ3n) is 2.39. The molecule has 0 spiro atoms. The summed E-state index contributed by atoms with van der Waals surface area (Å²) in [5, 5.41) is 0. The van der Waals surface area contributed by atoms with Crippen LogP contribution in [0.25, 0.3) is 0 Å². The highest BCUT2D eigenvalue weighted by Gasteiger charge is 2.31. The number of methoxy groups -OCH3 is 1. The van der Waals surface area contributed by atoms with Crippen molar-refractivity contribution < 1.29 is 4.74 Å². The van der Waals surface area contributed by atoms with E-state index in [1.165, 1.54) is 0 Å². The highest BCUT2D eigenvalue weighted by Crippen LogP contribution is 2.27. The molecule has 0 aromatic rings. The number of nitrogens with two attached hydrogens (primary N) is 2. The van der Waals surface area contributed by atoms with E-state index < -0.39 is 5.72 Å². The Labute approximate surface area is 73.1 Å². The maximum absolute atomic E-state index is 5.96. The molecule has 0 bridgehead atoms. The van der Waals surface area contributed by atoms with Gasteiger partial charge < -0.3 is 10.5 Å². The Hall–Kier alpha value is -0.800. The van der Waals surface area contributed by atoms with E-state index in [2.05, 4.69) is 0 Å². The number of rotatable bonds is 1. The van der Waals surface area contributed by atoms with Crippen molar-refractivity contribution in [2.24, 2.45) is 17.4 Å². The average Bonchev–Trinajstić information content (AvgIpc) is 2.01. The van der Waals surface area contributed by atoms with Crippen LogP contribution in [0.5, 0.6) is 0 Å². The van der Waals surface area contributed by atoms with Crippen molar-refractivity contribution in [2.75, 3.05) is 7.11 Å². The molecule has 0 aromatic heterocycles. The van der Waals surface area contributed by atoms with Gasteiger partial charge in [-0.25, -0.2) is 0 Å². The van der Waals surface area contributed by atoms with Gasteiger partial charge in [-0.05, 0) is 18.6 Å². The van der Waals surface area contributed by atoms with Crippen LogP contribution in [0.3, 0.4) is 0 Å². The van der Waals surface area contributed by atoms with E-state index in [4.69, 9.17) is 16.2 Å². The van der Waals surface area contributed by atoms with Gasteiger partial charge in [0.25, 0.3) is 0 Å². The molecule has 1 aliphatic carbocycles. The number of hydrogen-bond donors (Lipinski definition) is 2. The van der Waals surface area contributed by atoms with Crippen LogP contribution in [0.2, 0.25) is 0 Å². The average molecular weight is 168 g/mol. The number of ether oxygens (including phenoxy) is 1. The summed E-state index contributed by atoms with van der Waals surface area (Å²) in [6.45, 7) is 3.91. The van der Waals surface area contributed by atoms with Crippen molar-refractivity contribution in [2.45, 2.75) is 19.6 Å². The zero-order valence-electron chi connectivity index (χ0n) is 7.79. The maximum Gasteiger partial charge on any atom is 0.142 e. The molecular formula is C9H16N2O. The Morgan fingerprint density at radius 3 is 2.67 bits per heavy atom. The topological polar surface area (TPSA) is 61.3 Å². The molecule has 1 rings (SSSR count). The molecule has 0 amide bonds. The van der Waals surface area contributed by atoms with E-state index in [-0.39, 0.29) is 5.92 Å². The van der Waals surface area contributed by atoms with E-state index in [9.17, 15) is 0 Å². The molecule has 2 unspecified atom stereocenters. The summed E-state index contributed by atoms with van der Waals surface area (Å²) < 4.78 is 5.21. The Balaban J connectivity index is 2.99. The van der Waals surface area contributed by atoms with Crippen molar-refractivity contribution in [3.8, 4) is 0 Å². The zero-order chi connectivity index (χ0) is 9.35. The van der Waals surface area contributed by atoms with Crippen molar-refractivity contribution in [1.29, 1.82) is 0 Å². The molecule has 2 atom stereocenters. The predicted octanol–water partition coefficient (Wildman–Crippen LogP) is 0.726. The zero-order valence-corrected chi connectivity index (χ0v) is 7.79. The number of hydrogen-bond acceptors (Lipinski definition) is 3. The first kappa shape index (κ1) is 9.29. The molecule has 1 aliphatic rings. The first-order valence-electron chi connectivity index (χ1n) is 4.01. The lowest BCUT2D eigenvalue weighted by molar-refractivity contribution is 0.00623. The monoisotopic (exact) mass is 168 g/mol. The van der Waals surface area contributed by atoms with Crippen molar-refractivity contribution in [3.63, 3.8) is 0 Å². The predicted molar refractivity (Wildman–Crippen MR) is 49.1 cm³/mol. The summed E-state index contributed by atoms with van der Waals surface area (Å²) in [6, 6.07) is 0. The lowest BCUT2D eigenvalue weighted by atomic mass is 9.89. The first-order valence-corrected chi connectivity index (χ1v) is 4.01. The van der Waals surface area contributed by atoms with Gasteiger partial charge in [0.15, 0.2) is 0 Å². The van der Waals surface area contributed by atoms with Gasteiger partial charge in [-0.1, -0.05) is 13.0 Å². The van der Waals surface area contributed by atoms with Gasteiger partial charge in [0, 0.05) is 18.7 Å². The van der Waals surface area contributed by atoms with Gasteiger partial charge in [0.2, 0.25) is 0 Å². The Bertz CT molecular complexity index is 245. The van der Waals surface area contributed by atoms with Gasteiger partial charge in [-0.2, -0.15) is 0 Å². The molecule has 0 aromatic carbocycles. The summed E-state index contributed by atoms with van der Waals surface area (Å²) in [5.41, 5.74) is 12.8. The standard InChI is InChI=1S/C9H16N2O/c1-6-5-9(11,12-3)7(2)4-8(6)10/h4-5,7H,10-11H2,1-3H3. The normalized spacial score (nSPS) is 35.8. The van der Waals surface area contributed by atoms with E-state index in [0.717, 1.165) is 11.3 Å². The lowest BCUT2D eigenvalue weighted by Crippen LogP contribution is -2.47. The van der Waals surface area contributed by atoms with Crippen LogP contribution in [0.4, 0.5) is 0 Å². The minimum Gasteiger partial charge on any atom is -0.399 e. The second kappa shape index (κ2) is 2.92.